The first kappa shape index (κ1) is 78.1. The number of halogens is 4. The van der Waals surface area contributed by atoms with E-state index in [1.807, 2.05) is 13.8 Å². The van der Waals surface area contributed by atoms with E-state index in [0.717, 1.165) is 48.3 Å². The Labute approximate surface area is 576 Å². The molecule has 546 valence electrons. The normalized spacial score (nSPS) is 30.0. The van der Waals surface area contributed by atoms with Gasteiger partial charge in [0.25, 0.3) is 0 Å². The predicted molar refractivity (Wildman–Crippen MR) is 356 cm³/mol. The molecule has 4 saturated carbocycles. The van der Waals surface area contributed by atoms with Gasteiger partial charge in [-0.05, 0) is 132 Å². The fourth-order valence-electron chi connectivity index (χ4n) is 15.7. The Bertz CT molecular complexity index is 2850. The van der Waals surface area contributed by atoms with Crippen LogP contribution in [0.3, 0.4) is 0 Å². The maximum Gasteiger partial charge on any atom is 0.393 e. The number of rotatable bonds is 10. The fourth-order valence-corrected chi connectivity index (χ4v) is 16.2. The number of nitrogens with one attached hydrogen (secondary N) is 3. The summed E-state index contributed by atoms with van der Waals surface area (Å²) in [4.78, 5) is 189. The Balaban J connectivity index is 1.24. The SMILES string of the molecule is CC(C)C[C@H]1C(=O)N[C@@H](C2CC2)C(=O)N(C)CC(=O)N(C)CC(=O)N(C)[C@@H](CC2CCCCC2)C(=O)N(C)CC(=O)N[C@@H](CCC2CCC(C(F)(F)F)C(Cl)C2)C(=O)N2CCC[C@H]2C(=O)NC2(CCCC2)C(=O)N(C)[C@@H](C(C)C)C(=O)N(C)[C@H](C(=O)N2CCCCC2)CC(=O)N1C. The number of amides is 12. The van der Waals surface area contributed by atoms with Crippen LogP contribution in [0, 0.1) is 35.5 Å². The van der Waals surface area contributed by atoms with Crippen molar-refractivity contribution in [3.8, 4) is 0 Å². The second-order valence-electron chi connectivity index (χ2n) is 30.0. The number of hydrogen-bond acceptors (Lipinski definition) is 12. The minimum Gasteiger partial charge on any atom is -0.343 e. The smallest absolute Gasteiger partial charge is 0.343 e. The number of likely N-dealkylation sites (tertiary alicyclic amines) is 1. The zero-order valence-electron chi connectivity index (χ0n) is 59.2. The standard InChI is InChI=1S/C69H110ClF3N12O12/c1-42(2)35-51-60(90)75-58(46-26-27-46)65(95)79(7)40-56(88)77(5)41-57(89)81(9)52(37-44-21-14-12-15-22-44)63(93)78(6)39-54(86)74-49(29-25-45-24-28-47(48(70)36-45)69(71,72)73)62(92)85-34-20-23-50(85)61(91)76-68(30-16-17-31-68)67(97)83(11)59(43(3)4)66(96)82(10)53(38-55(87)80(51)8)64(94)84-32-18-13-19-33-84/h42-53,58-59H,12-41H2,1-11H3,(H,74,86)(H,75,90)(H,76,91)/t45?,47?,48?,49-,50-,51-,52-,53-,58-,59-/m0/s1. The van der Waals surface area contributed by atoms with Crippen LogP contribution in [0.15, 0.2) is 0 Å². The van der Waals surface area contributed by atoms with E-state index in [4.69, 9.17) is 11.6 Å². The van der Waals surface area contributed by atoms with Gasteiger partial charge >= 0.3 is 6.18 Å². The van der Waals surface area contributed by atoms with Gasteiger partial charge in [0.05, 0.1) is 32.0 Å². The Morgan fingerprint density at radius 2 is 1.19 bits per heavy atom. The highest BCUT2D eigenvalue weighted by atomic mass is 35.5. The van der Waals surface area contributed by atoms with Crippen molar-refractivity contribution in [1.29, 1.82) is 0 Å². The Morgan fingerprint density at radius 3 is 1.78 bits per heavy atom. The summed E-state index contributed by atoms with van der Waals surface area (Å²) in [6.07, 6.45) is 5.14. The van der Waals surface area contributed by atoms with Gasteiger partial charge in [-0.2, -0.15) is 13.2 Å². The van der Waals surface area contributed by atoms with Gasteiger partial charge in [-0.25, -0.2) is 0 Å². The molecule has 3 unspecified atom stereocenters. The summed E-state index contributed by atoms with van der Waals surface area (Å²) in [5, 5.41) is 7.56. The van der Waals surface area contributed by atoms with Crippen molar-refractivity contribution in [2.75, 3.05) is 88.6 Å². The fraction of sp³-hybridized carbons (Fsp3) is 0.826. The molecule has 3 aliphatic heterocycles. The van der Waals surface area contributed by atoms with Crippen LogP contribution in [0.5, 0.6) is 0 Å². The van der Waals surface area contributed by atoms with Crippen LogP contribution in [0.25, 0.3) is 0 Å². The third-order valence-electron chi connectivity index (χ3n) is 21.9. The number of carbonyl (C=O) groups is 12. The first-order valence-corrected chi connectivity index (χ1v) is 36.1. The number of alkyl halides is 4. The van der Waals surface area contributed by atoms with Crippen LogP contribution < -0.4 is 16.0 Å². The molecule has 3 N–H and O–H groups in total. The van der Waals surface area contributed by atoms with Crippen LogP contribution in [0.2, 0.25) is 0 Å². The highest BCUT2D eigenvalue weighted by Crippen LogP contribution is 2.44. The summed E-state index contributed by atoms with van der Waals surface area (Å²) >= 11 is 6.39. The lowest BCUT2D eigenvalue weighted by molar-refractivity contribution is -0.182. The van der Waals surface area contributed by atoms with Crippen molar-refractivity contribution in [2.45, 2.75) is 241 Å². The molecule has 0 bridgehead atoms. The largest absolute Gasteiger partial charge is 0.393 e. The second kappa shape index (κ2) is 34.2. The van der Waals surface area contributed by atoms with E-state index in [1.54, 1.807) is 18.7 Å². The van der Waals surface area contributed by atoms with E-state index in [0.29, 0.717) is 58.0 Å². The van der Waals surface area contributed by atoms with E-state index in [1.165, 1.54) is 78.7 Å². The number of nitrogens with zero attached hydrogens (tertiary/aromatic N) is 9. The first-order chi connectivity index (χ1) is 45.7. The second-order valence-corrected chi connectivity index (χ2v) is 30.6. The van der Waals surface area contributed by atoms with Gasteiger partial charge < -0.3 is 60.0 Å². The number of piperidine rings is 1. The van der Waals surface area contributed by atoms with Crippen LogP contribution in [-0.2, 0) is 57.5 Å². The summed E-state index contributed by atoms with van der Waals surface area (Å²) in [6.45, 7) is 6.46. The van der Waals surface area contributed by atoms with Crippen LogP contribution in [0.1, 0.15) is 182 Å². The predicted octanol–water partition coefficient (Wildman–Crippen LogP) is 4.92. The number of hydrogen-bond donors (Lipinski definition) is 3. The zero-order chi connectivity index (χ0) is 71.5. The van der Waals surface area contributed by atoms with Gasteiger partial charge in [0, 0.05) is 74.3 Å². The van der Waals surface area contributed by atoms with Crippen molar-refractivity contribution >= 4 is 82.5 Å². The van der Waals surface area contributed by atoms with E-state index in [2.05, 4.69) is 16.0 Å². The highest BCUT2D eigenvalue weighted by Gasteiger charge is 2.52. The Morgan fingerprint density at radius 1 is 0.577 bits per heavy atom. The molecule has 10 atom stereocenters. The van der Waals surface area contributed by atoms with Crippen molar-refractivity contribution in [1.82, 2.24) is 60.0 Å². The van der Waals surface area contributed by atoms with Crippen molar-refractivity contribution in [2.24, 2.45) is 35.5 Å². The van der Waals surface area contributed by atoms with Crippen LogP contribution in [0.4, 0.5) is 13.2 Å². The first-order valence-electron chi connectivity index (χ1n) is 35.7. The van der Waals surface area contributed by atoms with Crippen LogP contribution in [-0.4, -0.2) is 263 Å². The number of carbonyl (C=O) groups excluding carboxylic acids is 12. The van der Waals surface area contributed by atoms with Gasteiger partial charge in [0.2, 0.25) is 70.9 Å². The maximum atomic E-state index is 15.4. The topological polar surface area (TPSA) is 270 Å². The molecule has 0 aromatic rings. The Kier molecular flexibility index (Phi) is 27.5. The number of fused-ring (bicyclic) bond motifs is 1. The summed E-state index contributed by atoms with van der Waals surface area (Å²) in [5.41, 5.74) is -1.56. The minimum absolute atomic E-state index is 0.00119. The summed E-state index contributed by atoms with van der Waals surface area (Å²) in [7, 11) is 9.97. The average Bonchev–Trinajstić information content (AvgIpc) is 1.76. The molecule has 7 rings (SSSR count). The molecule has 28 heteroatoms. The lowest BCUT2D eigenvalue weighted by atomic mass is 9.78. The molecule has 0 radical (unpaired) electrons. The molecule has 3 saturated heterocycles. The molecule has 0 aromatic heterocycles. The third-order valence-corrected chi connectivity index (χ3v) is 22.4. The monoisotopic (exact) mass is 1390 g/mol. The van der Waals surface area contributed by atoms with Gasteiger partial charge in [-0.15, -0.1) is 11.6 Å². The van der Waals surface area contributed by atoms with E-state index < -0.39 is 168 Å². The van der Waals surface area contributed by atoms with Gasteiger partial charge in [0.15, 0.2) is 0 Å². The molecule has 4 aliphatic carbocycles. The summed E-state index contributed by atoms with van der Waals surface area (Å²) < 4.78 is 41.9. The molecule has 97 heavy (non-hydrogen) atoms. The molecule has 1 spiro atoms. The minimum atomic E-state index is -4.51. The molecule has 3 heterocycles. The van der Waals surface area contributed by atoms with Crippen LogP contribution >= 0.6 is 11.6 Å². The van der Waals surface area contributed by atoms with Gasteiger partial charge in [-0.1, -0.05) is 72.6 Å². The molecule has 24 nitrogen and oxygen atoms in total. The maximum absolute atomic E-state index is 15.4. The van der Waals surface area contributed by atoms with Crippen molar-refractivity contribution in [3.05, 3.63) is 0 Å². The third kappa shape index (κ3) is 19.8. The van der Waals surface area contributed by atoms with E-state index in [-0.39, 0.29) is 94.4 Å². The molecule has 7 aliphatic rings. The van der Waals surface area contributed by atoms with E-state index in [9.17, 15) is 51.5 Å². The molecule has 0 aromatic carbocycles. The van der Waals surface area contributed by atoms with Crippen molar-refractivity contribution in [3.63, 3.8) is 0 Å². The average molecular weight is 1390 g/mol. The highest BCUT2D eigenvalue weighted by molar-refractivity contribution is 6.21. The zero-order valence-corrected chi connectivity index (χ0v) is 60.0. The quantitative estimate of drug-likeness (QED) is 0.246. The lowest BCUT2D eigenvalue weighted by Gasteiger charge is -2.42. The molecular formula is C69H110ClF3N12O12. The van der Waals surface area contributed by atoms with Gasteiger partial charge in [-0.3, -0.25) is 57.5 Å². The number of likely N-dealkylation sites (N-methyl/N-ethyl adjacent to an activating group) is 7. The molecule has 12 amide bonds. The summed E-state index contributed by atoms with van der Waals surface area (Å²) in [6, 6.07) is -8.48. The molecule has 7 fully saturated rings. The van der Waals surface area contributed by atoms with Crippen molar-refractivity contribution < 1.29 is 70.7 Å². The van der Waals surface area contributed by atoms with E-state index >= 15 is 19.2 Å². The lowest BCUT2D eigenvalue weighted by Crippen LogP contribution is -2.65. The Hall–Kier alpha value is -6.28. The van der Waals surface area contributed by atoms with Gasteiger partial charge in [0.1, 0.15) is 47.8 Å². The summed E-state index contributed by atoms with van der Waals surface area (Å²) in [5.74, 6) is -10.6. The molecular weight excluding hydrogens is 1280 g/mol.